The molecule has 1 heterocycles. The molecule has 0 radical (unpaired) electrons. The third kappa shape index (κ3) is 3.33. The van der Waals surface area contributed by atoms with Crippen LogP contribution in [-0.4, -0.2) is 14.7 Å². The Kier molecular flexibility index (Phi) is 3.91. The Morgan fingerprint density at radius 3 is 2.63 bits per heavy atom. The first-order chi connectivity index (χ1) is 8.88. The average Bonchev–Trinajstić information content (AvgIpc) is 2.72. The first-order valence-electron chi connectivity index (χ1n) is 5.64. The molecule has 2 aromatic rings. The Bertz CT molecular complexity index is 692. The lowest BCUT2D eigenvalue weighted by Crippen LogP contribution is -2.04. The first-order valence-corrected chi connectivity index (χ1v) is 8.41. The van der Waals surface area contributed by atoms with Crippen LogP contribution in [0.5, 0.6) is 0 Å². The molecule has 102 valence electrons. The third-order valence-corrected chi connectivity index (χ3v) is 4.91. The van der Waals surface area contributed by atoms with Crippen molar-refractivity contribution in [1.29, 1.82) is 0 Å². The quantitative estimate of drug-likeness (QED) is 0.882. The molecule has 0 aliphatic carbocycles. The van der Waals surface area contributed by atoms with E-state index in [4.69, 9.17) is 0 Å². The maximum atomic E-state index is 13.6. The molecular formula is C13H14FNO2S2. The van der Waals surface area contributed by atoms with Crippen molar-refractivity contribution in [3.05, 3.63) is 45.9 Å². The molecule has 1 aromatic heterocycles. The smallest absolute Gasteiger partial charge is 0.175 e. The van der Waals surface area contributed by atoms with Gasteiger partial charge in [-0.1, -0.05) is 0 Å². The fourth-order valence-electron chi connectivity index (χ4n) is 1.63. The Morgan fingerprint density at radius 2 is 2.05 bits per heavy atom. The summed E-state index contributed by atoms with van der Waals surface area (Å²) in [4.78, 5) is 1.21. The number of hydrogen-bond acceptors (Lipinski definition) is 4. The molecule has 0 fully saturated rings. The molecule has 0 spiro atoms. The zero-order valence-electron chi connectivity index (χ0n) is 10.6. The van der Waals surface area contributed by atoms with Gasteiger partial charge < -0.3 is 5.32 Å². The summed E-state index contributed by atoms with van der Waals surface area (Å²) >= 11 is 1.58. The molecule has 0 aliphatic rings. The van der Waals surface area contributed by atoms with Crippen molar-refractivity contribution in [2.45, 2.75) is 18.4 Å². The second-order valence-corrected chi connectivity index (χ2v) is 7.31. The maximum Gasteiger partial charge on any atom is 0.175 e. The van der Waals surface area contributed by atoms with Gasteiger partial charge in [-0.2, -0.15) is 0 Å². The van der Waals surface area contributed by atoms with E-state index in [-0.39, 0.29) is 10.6 Å². The van der Waals surface area contributed by atoms with Gasteiger partial charge in [0.15, 0.2) is 9.84 Å². The molecule has 0 amide bonds. The summed E-state index contributed by atoms with van der Waals surface area (Å²) in [5.41, 5.74) is 1.34. The van der Waals surface area contributed by atoms with Gasteiger partial charge in [0.2, 0.25) is 0 Å². The highest BCUT2D eigenvalue weighted by atomic mass is 32.2. The predicted molar refractivity (Wildman–Crippen MR) is 75.9 cm³/mol. The van der Waals surface area contributed by atoms with E-state index in [0.29, 0.717) is 6.54 Å². The fraction of sp³-hybridized carbons (Fsp3) is 0.231. The summed E-state index contributed by atoms with van der Waals surface area (Å²) in [5.74, 6) is -0.457. The van der Waals surface area contributed by atoms with Crippen LogP contribution in [0.1, 0.15) is 10.4 Å². The lowest BCUT2D eigenvalue weighted by atomic mass is 10.2. The number of halogens is 1. The summed E-state index contributed by atoms with van der Waals surface area (Å²) in [6.07, 6.45) is 1.10. The summed E-state index contributed by atoms with van der Waals surface area (Å²) < 4.78 is 36.5. The number of aryl methyl sites for hydroxylation is 1. The number of rotatable bonds is 4. The van der Waals surface area contributed by atoms with Crippen LogP contribution in [0.4, 0.5) is 10.1 Å². The predicted octanol–water partition coefficient (Wildman–Crippen LogP) is 3.21. The molecule has 6 heteroatoms. The van der Waals surface area contributed by atoms with Gasteiger partial charge in [-0.15, -0.1) is 11.3 Å². The molecule has 0 saturated carbocycles. The normalized spacial score (nSPS) is 11.5. The largest absolute Gasteiger partial charge is 0.378 e. The molecule has 1 aromatic carbocycles. The maximum absolute atomic E-state index is 13.6. The minimum absolute atomic E-state index is 0.110. The van der Waals surface area contributed by atoms with Gasteiger partial charge in [0.1, 0.15) is 5.82 Å². The number of anilines is 1. The van der Waals surface area contributed by atoms with Crippen LogP contribution in [0.25, 0.3) is 0 Å². The SMILES string of the molecule is Cc1ccsc1CNc1cc(S(C)(=O)=O)ccc1F. The monoisotopic (exact) mass is 299 g/mol. The lowest BCUT2D eigenvalue weighted by Gasteiger charge is -2.09. The summed E-state index contributed by atoms with van der Waals surface area (Å²) in [6, 6.07) is 5.75. The van der Waals surface area contributed by atoms with Crippen molar-refractivity contribution in [1.82, 2.24) is 0 Å². The molecule has 19 heavy (non-hydrogen) atoms. The zero-order chi connectivity index (χ0) is 14.0. The van der Waals surface area contributed by atoms with E-state index in [2.05, 4.69) is 5.32 Å². The molecule has 0 bridgehead atoms. The third-order valence-electron chi connectivity index (χ3n) is 2.77. The van der Waals surface area contributed by atoms with E-state index in [9.17, 15) is 12.8 Å². The van der Waals surface area contributed by atoms with Crippen molar-refractivity contribution in [2.24, 2.45) is 0 Å². The molecule has 2 rings (SSSR count). The van der Waals surface area contributed by atoms with E-state index in [1.165, 1.54) is 18.2 Å². The van der Waals surface area contributed by atoms with Crippen LogP contribution in [-0.2, 0) is 16.4 Å². The molecule has 0 unspecified atom stereocenters. The van der Waals surface area contributed by atoms with Crippen LogP contribution in [0, 0.1) is 12.7 Å². The first kappa shape index (κ1) is 14.0. The second-order valence-electron chi connectivity index (χ2n) is 4.29. The Hall–Kier alpha value is -1.40. The summed E-state index contributed by atoms with van der Waals surface area (Å²) in [5, 5.41) is 4.91. The lowest BCUT2D eigenvalue weighted by molar-refractivity contribution is 0.600. The van der Waals surface area contributed by atoms with Gasteiger partial charge in [0.05, 0.1) is 10.6 Å². The van der Waals surface area contributed by atoms with Crippen molar-refractivity contribution in [3.8, 4) is 0 Å². The molecule has 0 aliphatic heterocycles. The van der Waals surface area contributed by atoms with Gasteiger partial charge in [-0.05, 0) is 42.1 Å². The van der Waals surface area contributed by atoms with Crippen LogP contribution < -0.4 is 5.32 Å². The number of sulfone groups is 1. The highest BCUT2D eigenvalue weighted by Gasteiger charge is 2.11. The van der Waals surface area contributed by atoms with Crippen molar-refractivity contribution >= 4 is 26.9 Å². The molecule has 1 N–H and O–H groups in total. The number of thiophene rings is 1. The van der Waals surface area contributed by atoms with Gasteiger partial charge in [0, 0.05) is 17.7 Å². The molecule has 0 saturated heterocycles. The topological polar surface area (TPSA) is 46.2 Å². The highest BCUT2D eigenvalue weighted by Crippen LogP contribution is 2.22. The van der Waals surface area contributed by atoms with E-state index in [1.54, 1.807) is 11.3 Å². The number of nitrogens with one attached hydrogen (secondary N) is 1. The average molecular weight is 299 g/mol. The highest BCUT2D eigenvalue weighted by molar-refractivity contribution is 7.90. The van der Waals surface area contributed by atoms with Gasteiger partial charge in [0.25, 0.3) is 0 Å². The second kappa shape index (κ2) is 5.30. The minimum Gasteiger partial charge on any atom is -0.378 e. The number of benzene rings is 1. The van der Waals surface area contributed by atoms with Crippen LogP contribution >= 0.6 is 11.3 Å². The van der Waals surface area contributed by atoms with E-state index in [1.807, 2.05) is 18.4 Å². The standard InChI is InChI=1S/C13H14FNO2S2/c1-9-5-6-18-13(9)8-15-12-7-10(19(2,16)17)3-4-11(12)14/h3-7,15H,8H2,1-2H3. The molecule has 3 nitrogen and oxygen atoms in total. The molecular weight excluding hydrogens is 285 g/mol. The minimum atomic E-state index is -3.33. The van der Waals surface area contributed by atoms with Crippen molar-refractivity contribution in [3.63, 3.8) is 0 Å². The Balaban J connectivity index is 2.23. The van der Waals surface area contributed by atoms with Crippen LogP contribution in [0.3, 0.4) is 0 Å². The number of hydrogen-bond donors (Lipinski definition) is 1. The fourth-order valence-corrected chi connectivity index (χ4v) is 3.12. The van der Waals surface area contributed by atoms with Crippen LogP contribution in [0.2, 0.25) is 0 Å². The Labute approximate surface area is 116 Å². The van der Waals surface area contributed by atoms with Gasteiger partial charge in [-0.3, -0.25) is 0 Å². The molecule has 0 atom stereocenters. The van der Waals surface area contributed by atoms with Crippen molar-refractivity contribution < 1.29 is 12.8 Å². The van der Waals surface area contributed by atoms with Gasteiger partial charge >= 0.3 is 0 Å². The van der Waals surface area contributed by atoms with E-state index >= 15 is 0 Å². The summed E-state index contributed by atoms with van der Waals surface area (Å²) in [7, 11) is -3.33. The Morgan fingerprint density at radius 1 is 1.32 bits per heavy atom. The van der Waals surface area contributed by atoms with E-state index < -0.39 is 15.7 Å². The van der Waals surface area contributed by atoms with Crippen LogP contribution in [0.15, 0.2) is 34.5 Å². The zero-order valence-corrected chi connectivity index (χ0v) is 12.2. The summed E-state index contributed by atoms with van der Waals surface area (Å²) in [6.45, 7) is 2.46. The van der Waals surface area contributed by atoms with Crippen molar-refractivity contribution in [2.75, 3.05) is 11.6 Å². The van der Waals surface area contributed by atoms with E-state index in [0.717, 1.165) is 16.7 Å². The van der Waals surface area contributed by atoms with Gasteiger partial charge in [-0.25, -0.2) is 12.8 Å².